The van der Waals surface area contributed by atoms with E-state index >= 15 is 0 Å². The van der Waals surface area contributed by atoms with Gasteiger partial charge in [-0.3, -0.25) is 0 Å². The van der Waals surface area contributed by atoms with Crippen LogP contribution in [0, 0.1) is 0 Å². The van der Waals surface area contributed by atoms with E-state index in [0.717, 1.165) is 0 Å². The van der Waals surface area contributed by atoms with Gasteiger partial charge in [-0.15, -0.1) is 0 Å². The van der Waals surface area contributed by atoms with Crippen molar-refractivity contribution in [3.63, 3.8) is 0 Å². The SMILES string of the molecule is CC=CCCCCC.O=C(O)C(=O)O. The zero-order valence-corrected chi connectivity index (χ0v) is 8.69. The van der Waals surface area contributed by atoms with Crippen molar-refractivity contribution in [3.8, 4) is 0 Å². The van der Waals surface area contributed by atoms with Gasteiger partial charge in [-0.2, -0.15) is 0 Å². The highest BCUT2D eigenvalue weighted by atomic mass is 16.4. The average molecular weight is 202 g/mol. The van der Waals surface area contributed by atoms with Crippen LogP contribution in [0.2, 0.25) is 0 Å². The van der Waals surface area contributed by atoms with Crippen LogP contribution >= 0.6 is 0 Å². The molecular weight excluding hydrogens is 184 g/mol. The molecule has 0 amide bonds. The highest BCUT2D eigenvalue weighted by Crippen LogP contribution is 1.98. The number of unbranched alkanes of at least 4 members (excludes halogenated alkanes) is 3. The van der Waals surface area contributed by atoms with Gasteiger partial charge in [0.15, 0.2) is 0 Å². The molecule has 0 aromatic heterocycles. The molecule has 0 aromatic carbocycles. The molecule has 0 radical (unpaired) electrons. The van der Waals surface area contributed by atoms with Gasteiger partial charge in [0, 0.05) is 0 Å². The van der Waals surface area contributed by atoms with E-state index in [4.69, 9.17) is 19.8 Å². The molecule has 0 saturated carbocycles. The lowest BCUT2D eigenvalue weighted by Gasteiger charge is -1.88. The number of carbonyl (C=O) groups is 2. The van der Waals surface area contributed by atoms with Gasteiger partial charge in [0.25, 0.3) is 0 Å². The molecule has 0 spiro atoms. The Labute approximate surface area is 84.3 Å². The van der Waals surface area contributed by atoms with Crippen molar-refractivity contribution in [3.05, 3.63) is 12.2 Å². The maximum atomic E-state index is 9.10. The summed E-state index contributed by atoms with van der Waals surface area (Å²) < 4.78 is 0. The first-order valence-corrected chi connectivity index (χ1v) is 4.63. The molecular formula is C10H18O4. The van der Waals surface area contributed by atoms with E-state index in [1.807, 2.05) is 0 Å². The molecule has 0 fully saturated rings. The van der Waals surface area contributed by atoms with Gasteiger partial charge in [0.05, 0.1) is 0 Å². The zero-order valence-electron chi connectivity index (χ0n) is 8.69. The lowest BCUT2D eigenvalue weighted by Crippen LogP contribution is -2.09. The van der Waals surface area contributed by atoms with Gasteiger partial charge >= 0.3 is 11.9 Å². The van der Waals surface area contributed by atoms with E-state index in [2.05, 4.69) is 26.0 Å². The number of carboxylic acid groups (broad SMARTS) is 2. The van der Waals surface area contributed by atoms with Crippen LogP contribution in [0.1, 0.15) is 39.5 Å². The number of allylic oxidation sites excluding steroid dienone is 2. The van der Waals surface area contributed by atoms with E-state index in [0.29, 0.717) is 0 Å². The zero-order chi connectivity index (χ0) is 11.4. The molecule has 0 bridgehead atoms. The molecule has 0 aliphatic rings. The van der Waals surface area contributed by atoms with Crippen molar-refractivity contribution < 1.29 is 19.8 Å². The largest absolute Gasteiger partial charge is 0.473 e. The van der Waals surface area contributed by atoms with Gasteiger partial charge in [0.1, 0.15) is 0 Å². The molecule has 0 aromatic rings. The van der Waals surface area contributed by atoms with Crippen molar-refractivity contribution in [2.24, 2.45) is 0 Å². The van der Waals surface area contributed by atoms with E-state index in [1.165, 1.54) is 25.7 Å². The van der Waals surface area contributed by atoms with Gasteiger partial charge in [-0.05, 0) is 19.8 Å². The monoisotopic (exact) mass is 202 g/mol. The molecule has 14 heavy (non-hydrogen) atoms. The van der Waals surface area contributed by atoms with Crippen molar-refractivity contribution in [1.82, 2.24) is 0 Å². The van der Waals surface area contributed by atoms with Crippen molar-refractivity contribution >= 4 is 11.9 Å². The van der Waals surface area contributed by atoms with E-state index in [-0.39, 0.29) is 0 Å². The quantitative estimate of drug-likeness (QED) is 0.416. The number of hydrogen-bond donors (Lipinski definition) is 2. The van der Waals surface area contributed by atoms with E-state index in [9.17, 15) is 0 Å². The van der Waals surface area contributed by atoms with Crippen LogP contribution in [0.25, 0.3) is 0 Å². The van der Waals surface area contributed by atoms with Crippen LogP contribution in [0.15, 0.2) is 12.2 Å². The minimum absolute atomic E-state index is 1.27. The lowest BCUT2D eigenvalue weighted by molar-refractivity contribution is -0.159. The Hall–Kier alpha value is -1.32. The maximum absolute atomic E-state index is 9.10. The fourth-order valence-electron chi connectivity index (χ4n) is 0.679. The predicted octanol–water partition coefficient (Wildman–Crippen LogP) is 2.30. The minimum Gasteiger partial charge on any atom is -0.473 e. The highest BCUT2D eigenvalue weighted by molar-refractivity contribution is 6.27. The smallest absolute Gasteiger partial charge is 0.414 e. The van der Waals surface area contributed by atoms with Crippen LogP contribution in [-0.4, -0.2) is 22.2 Å². The Morgan fingerprint density at radius 2 is 1.64 bits per heavy atom. The van der Waals surface area contributed by atoms with Crippen LogP contribution < -0.4 is 0 Å². The normalized spacial score (nSPS) is 9.29. The summed E-state index contributed by atoms with van der Waals surface area (Å²) >= 11 is 0. The fourth-order valence-corrected chi connectivity index (χ4v) is 0.679. The average Bonchev–Trinajstić information content (AvgIpc) is 2.13. The molecule has 0 aliphatic heterocycles. The Kier molecular flexibility index (Phi) is 12.7. The van der Waals surface area contributed by atoms with Crippen LogP contribution in [0.5, 0.6) is 0 Å². The third-order valence-electron chi connectivity index (χ3n) is 1.39. The fraction of sp³-hybridized carbons (Fsp3) is 0.600. The summed E-state index contributed by atoms with van der Waals surface area (Å²) in [5, 5.41) is 14.8. The molecule has 4 heteroatoms. The van der Waals surface area contributed by atoms with Gasteiger partial charge < -0.3 is 10.2 Å². The number of carboxylic acids is 2. The summed E-state index contributed by atoms with van der Waals surface area (Å²) in [6.45, 7) is 4.31. The second kappa shape index (κ2) is 11.7. The van der Waals surface area contributed by atoms with Crippen molar-refractivity contribution in [2.45, 2.75) is 39.5 Å². The molecule has 4 nitrogen and oxygen atoms in total. The number of hydrogen-bond acceptors (Lipinski definition) is 2. The molecule has 82 valence electrons. The van der Waals surface area contributed by atoms with Gasteiger partial charge in [-0.25, -0.2) is 9.59 Å². The molecule has 0 heterocycles. The third-order valence-corrected chi connectivity index (χ3v) is 1.39. The van der Waals surface area contributed by atoms with Gasteiger partial charge in [-0.1, -0.05) is 31.9 Å². The molecule has 0 unspecified atom stereocenters. The molecule has 0 rings (SSSR count). The Morgan fingerprint density at radius 3 is 1.93 bits per heavy atom. The second-order valence-electron chi connectivity index (χ2n) is 2.68. The van der Waals surface area contributed by atoms with E-state index in [1.54, 1.807) is 0 Å². The lowest BCUT2D eigenvalue weighted by atomic mass is 10.2. The highest BCUT2D eigenvalue weighted by Gasteiger charge is 2.04. The summed E-state index contributed by atoms with van der Waals surface area (Å²) in [4.78, 5) is 18.2. The number of rotatable bonds is 4. The summed E-state index contributed by atoms with van der Waals surface area (Å²) in [5.74, 6) is -3.65. The summed E-state index contributed by atoms with van der Waals surface area (Å²) in [6.07, 6.45) is 9.69. The first kappa shape index (κ1) is 15.2. The number of aliphatic carboxylic acids is 2. The van der Waals surface area contributed by atoms with Crippen LogP contribution in [-0.2, 0) is 9.59 Å². The van der Waals surface area contributed by atoms with Crippen LogP contribution in [0.3, 0.4) is 0 Å². The topological polar surface area (TPSA) is 74.6 Å². The van der Waals surface area contributed by atoms with Crippen molar-refractivity contribution in [2.75, 3.05) is 0 Å². The molecule has 2 N–H and O–H groups in total. The van der Waals surface area contributed by atoms with Crippen LogP contribution in [0.4, 0.5) is 0 Å². The first-order valence-electron chi connectivity index (χ1n) is 4.63. The van der Waals surface area contributed by atoms with Gasteiger partial charge in [0.2, 0.25) is 0 Å². The minimum atomic E-state index is -1.82. The molecule has 0 aliphatic carbocycles. The first-order chi connectivity index (χ1) is 6.56. The second-order valence-corrected chi connectivity index (χ2v) is 2.68. The Bertz CT molecular complexity index is 173. The summed E-state index contributed by atoms with van der Waals surface area (Å²) in [5.41, 5.74) is 0. The predicted molar refractivity (Wildman–Crippen MR) is 54.2 cm³/mol. The van der Waals surface area contributed by atoms with Crippen molar-refractivity contribution in [1.29, 1.82) is 0 Å². The summed E-state index contributed by atoms with van der Waals surface area (Å²) in [7, 11) is 0. The third kappa shape index (κ3) is 17.0. The summed E-state index contributed by atoms with van der Waals surface area (Å²) in [6, 6.07) is 0. The maximum Gasteiger partial charge on any atom is 0.414 e. The molecule has 0 atom stereocenters. The standard InChI is InChI=1S/C8H16.C2H2O4/c1-3-5-7-8-6-4-2;3-1(4)2(5)6/h3,5H,4,6-8H2,1-2H3;(H,3,4)(H,5,6). The Balaban J connectivity index is 0. The van der Waals surface area contributed by atoms with E-state index < -0.39 is 11.9 Å². The Morgan fingerprint density at radius 1 is 1.14 bits per heavy atom. The molecule has 0 saturated heterocycles.